The van der Waals surface area contributed by atoms with Gasteiger partial charge in [0.15, 0.2) is 5.82 Å². The number of aromatic nitrogens is 2. The summed E-state index contributed by atoms with van der Waals surface area (Å²) in [6.07, 6.45) is -0.0378. The molecule has 0 spiro atoms. The number of halogens is 2. The van der Waals surface area contributed by atoms with Crippen LogP contribution in [0, 0.1) is 18.6 Å². The Morgan fingerprint density at radius 1 is 1.25 bits per heavy atom. The summed E-state index contributed by atoms with van der Waals surface area (Å²) in [5.74, 6) is -1.25. The third kappa shape index (κ3) is 3.68. The van der Waals surface area contributed by atoms with Crippen molar-refractivity contribution in [2.45, 2.75) is 19.8 Å². The average molecular weight is 347 g/mol. The molecule has 7 heteroatoms. The summed E-state index contributed by atoms with van der Waals surface area (Å²) in [7, 11) is 0. The van der Waals surface area contributed by atoms with Crippen LogP contribution in [0.1, 0.15) is 16.9 Å². The molecule has 3 rings (SSSR count). The number of anilines is 1. The van der Waals surface area contributed by atoms with E-state index in [0.29, 0.717) is 5.82 Å². The molecule has 0 unspecified atom stereocenters. The fourth-order valence-corrected chi connectivity index (χ4v) is 3.14. The topological polar surface area (TPSA) is 57.8 Å². The molecule has 2 N–H and O–H groups in total. The van der Waals surface area contributed by atoms with Crippen LogP contribution in [0.5, 0.6) is 0 Å². The van der Waals surface area contributed by atoms with Crippen LogP contribution < -0.4 is 5.32 Å². The van der Waals surface area contributed by atoms with Crippen LogP contribution in [0.3, 0.4) is 0 Å². The Morgan fingerprint density at radius 2 is 2.00 bits per heavy atom. The van der Waals surface area contributed by atoms with Crippen LogP contribution in [-0.2, 0) is 11.2 Å². The van der Waals surface area contributed by atoms with Gasteiger partial charge in [0, 0.05) is 22.9 Å². The number of rotatable bonds is 5. The standard InChI is InChI=1S/C17H15F2N3OS/c1-10-5-7-15(24-10)14-9-16(22-21-14)20-17(23)8-6-11-12(18)3-2-4-13(11)19/h2-5,7,9H,6,8H2,1H3,(H2,20,21,22,23). The van der Waals surface area contributed by atoms with Gasteiger partial charge in [-0.3, -0.25) is 9.89 Å². The van der Waals surface area contributed by atoms with Gasteiger partial charge in [-0.25, -0.2) is 8.78 Å². The summed E-state index contributed by atoms with van der Waals surface area (Å²) in [6, 6.07) is 9.36. The zero-order valence-corrected chi connectivity index (χ0v) is 13.7. The average Bonchev–Trinajstić information content (AvgIpc) is 3.15. The van der Waals surface area contributed by atoms with E-state index in [-0.39, 0.29) is 24.3 Å². The molecule has 0 aliphatic heterocycles. The van der Waals surface area contributed by atoms with Gasteiger partial charge in [-0.1, -0.05) is 6.07 Å². The minimum absolute atomic E-state index is 0.00820. The van der Waals surface area contributed by atoms with Gasteiger partial charge in [-0.15, -0.1) is 11.3 Å². The molecule has 1 amide bonds. The lowest BCUT2D eigenvalue weighted by Crippen LogP contribution is -2.13. The fraction of sp³-hybridized carbons (Fsp3) is 0.176. The number of thiophene rings is 1. The van der Waals surface area contributed by atoms with Crippen molar-refractivity contribution in [1.82, 2.24) is 10.2 Å². The lowest BCUT2D eigenvalue weighted by Gasteiger charge is -2.04. The van der Waals surface area contributed by atoms with Crippen LogP contribution in [0.4, 0.5) is 14.6 Å². The van der Waals surface area contributed by atoms with Crippen molar-refractivity contribution in [3.05, 3.63) is 58.5 Å². The second-order valence-corrected chi connectivity index (χ2v) is 6.61. The predicted octanol–water partition coefficient (Wildman–Crippen LogP) is 4.30. The van der Waals surface area contributed by atoms with Crippen LogP contribution in [0.15, 0.2) is 36.4 Å². The first-order valence-electron chi connectivity index (χ1n) is 7.38. The lowest BCUT2D eigenvalue weighted by molar-refractivity contribution is -0.116. The Labute approximate surface area is 141 Å². The van der Waals surface area contributed by atoms with Crippen molar-refractivity contribution in [3.63, 3.8) is 0 Å². The van der Waals surface area contributed by atoms with Crippen LogP contribution >= 0.6 is 11.3 Å². The molecule has 0 aliphatic carbocycles. The molecule has 3 aromatic rings. The number of carbonyl (C=O) groups excluding carboxylic acids is 1. The van der Waals surface area contributed by atoms with E-state index in [1.807, 2.05) is 19.1 Å². The number of H-pyrrole nitrogens is 1. The Kier molecular flexibility index (Phi) is 4.71. The normalized spacial score (nSPS) is 10.8. The molecule has 2 heterocycles. The molecule has 1 aromatic carbocycles. The third-order valence-corrected chi connectivity index (χ3v) is 4.55. The summed E-state index contributed by atoms with van der Waals surface area (Å²) in [6.45, 7) is 2.01. The maximum absolute atomic E-state index is 13.5. The van der Waals surface area contributed by atoms with Crippen molar-refractivity contribution in [2.24, 2.45) is 0 Å². The maximum Gasteiger partial charge on any atom is 0.225 e. The van der Waals surface area contributed by atoms with Gasteiger partial charge in [0.1, 0.15) is 11.6 Å². The molecule has 124 valence electrons. The van der Waals surface area contributed by atoms with Crippen molar-refractivity contribution in [2.75, 3.05) is 5.32 Å². The molecule has 0 atom stereocenters. The molecule has 0 bridgehead atoms. The summed E-state index contributed by atoms with van der Waals surface area (Å²) >= 11 is 1.62. The number of hydrogen-bond donors (Lipinski definition) is 2. The van der Waals surface area contributed by atoms with Crippen LogP contribution in [0.2, 0.25) is 0 Å². The number of aromatic amines is 1. The molecular weight excluding hydrogens is 332 g/mol. The number of nitrogens with one attached hydrogen (secondary N) is 2. The Balaban J connectivity index is 1.60. The van der Waals surface area contributed by atoms with E-state index < -0.39 is 11.6 Å². The first-order chi connectivity index (χ1) is 11.5. The van der Waals surface area contributed by atoms with E-state index in [9.17, 15) is 13.6 Å². The van der Waals surface area contributed by atoms with Crippen LogP contribution in [-0.4, -0.2) is 16.1 Å². The van der Waals surface area contributed by atoms with E-state index in [1.54, 1.807) is 17.4 Å². The quantitative estimate of drug-likeness (QED) is 0.723. The molecule has 0 radical (unpaired) electrons. The molecular formula is C17H15F2N3OS. The molecule has 0 saturated carbocycles. The smallest absolute Gasteiger partial charge is 0.225 e. The number of hydrogen-bond acceptors (Lipinski definition) is 3. The molecule has 24 heavy (non-hydrogen) atoms. The highest BCUT2D eigenvalue weighted by Crippen LogP contribution is 2.27. The highest BCUT2D eigenvalue weighted by Gasteiger charge is 2.12. The number of nitrogens with zero attached hydrogens (tertiary/aromatic N) is 1. The van der Waals surface area contributed by atoms with Gasteiger partial charge in [0.25, 0.3) is 0 Å². The highest BCUT2D eigenvalue weighted by molar-refractivity contribution is 7.15. The monoisotopic (exact) mass is 347 g/mol. The zero-order chi connectivity index (χ0) is 17.1. The Morgan fingerprint density at radius 3 is 2.67 bits per heavy atom. The number of carbonyl (C=O) groups is 1. The van der Waals surface area contributed by atoms with Gasteiger partial charge < -0.3 is 5.32 Å². The summed E-state index contributed by atoms with van der Waals surface area (Å²) < 4.78 is 27.1. The van der Waals surface area contributed by atoms with Gasteiger partial charge in [0.05, 0.1) is 10.6 Å². The summed E-state index contributed by atoms with van der Waals surface area (Å²) in [5, 5.41) is 9.52. The fourth-order valence-electron chi connectivity index (χ4n) is 2.31. The van der Waals surface area contributed by atoms with E-state index in [2.05, 4.69) is 15.5 Å². The first kappa shape index (κ1) is 16.3. The maximum atomic E-state index is 13.5. The van der Waals surface area contributed by atoms with Gasteiger partial charge in [-0.05, 0) is 37.6 Å². The number of aryl methyl sites for hydroxylation is 1. The molecule has 2 aromatic heterocycles. The molecule has 0 fully saturated rings. The minimum Gasteiger partial charge on any atom is -0.309 e. The van der Waals surface area contributed by atoms with E-state index in [1.165, 1.54) is 23.1 Å². The van der Waals surface area contributed by atoms with Crippen LogP contribution in [0.25, 0.3) is 10.6 Å². The largest absolute Gasteiger partial charge is 0.309 e. The molecule has 0 aliphatic rings. The third-order valence-electron chi connectivity index (χ3n) is 3.51. The van der Waals surface area contributed by atoms with Crippen molar-refractivity contribution in [1.29, 1.82) is 0 Å². The first-order valence-corrected chi connectivity index (χ1v) is 8.19. The van der Waals surface area contributed by atoms with Gasteiger partial charge in [0.2, 0.25) is 5.91 Å². The second kappa shape index (κ2) is 6.92. The van der Waals surface area contributed by atoms with Gasteiger partial charge >= 0.3 is 0 Å². The zero-order valence-electron chi connectivity index (χ0n) is 12.9. The minimum atomic E-state index is -0.641. The van der Waals surface area contributed by atoms with E-state index >= 15 is 0 Å². The molecule has 0 saturated heterocycles. The molecule has 4 nitrogen and oxygen atoms in total. The predicted molar refractivity (Wildman–Crippen MR) is 89.9 cm³/mol. The second-order valence-electron chi connectivity index (χ2n) is 5.33. The van der Waals surface area contributed by atoms with Gasteiger partial charge in [-0.2, -0.15) is 5.10 Å². The highest BCUT2D eigenvalue weighted by atomic mass is 32.1. The Bertz CT molecular complexity index is 852. The van der Waals surface area contributed by atoms with Crippen molar-refractivity contribution >= 4 is 23.1 Å². The van der Waals surface area contributed by atoms with E-state index in [4.69, 9.17) is 0 Å². The number of amides is 1. The lowest BCUT2D eigenvalue weighted by atomic mass is 10.1. The summed E-state index contributed by atoms with van der Waals surface area (Å²) in [4.78, 5) is 14.2. The van der Waals surface area contributed by atoms with Crippen molar-refractivity contribution in [3.8, 4) is 10.6 Å². The summed E-state index contributed by atoms with van der Waals surface area (Å²) in [5.41, 5.74) is 0.730. The Hall–Kier alpha value is -2.54. The SMILES string of the molecule is Cc1ccc(-c2cc(NC(=O)CCc3c(F)cccc3F)n[nH]2)s1. The van der Waals surface area contributed by atoms with E-state index in [0.717, 1.165) is 10.6 Å². The van der Waals surface area contributed by atoms with Crippen molar-refractivity contribution < 1.29 is 13.6 Å². The number of benzene rings is 1.